The Kier molecular flexibility index (Phi) is 7.69. The van der Waals surface area contributed by atoms with Gasteiger partial charge in [0.05, 0.1) is 12.2 Å². The molecule has 0 saturated carbocycles. The monoisotopic (exact) mass is 394 g/mol. The Morgan fingerprint density at radius 3 is 2.43 bits per heavy atom. The number of alkyl halides is 3. The van der Waals surface area contributed by atoms with E-state index in [4.69, 9.17) is 5.73 Å². The zero-order valence-electron chi connectivity index (χ0n) is 16.0. The molecule has 0 bridgehead atoms. The number of nitrogens with two attached hydrogens (primary N) is 1. The molecule has 0 aliphatic carbocycles. The van der Waals surface area contributed by atoms with Crippen LogP contribution in [0.5, 0.6) is 5.75 Å². The summed E-state index contributed by atoms with van der Waals surface area (Å²) in [7, 11) is 0. The molecule has 0 unspecified atom stereocenters. The van der Waals surface area contributed by atoms with Crippen LogP contribution < -0.4 is 15.8 Å². The van der Waals surface area contributed by atoms with Crippen LogP contribution in [0.15, 0.2) is 53.5 Å². The second-order valence-corrected chi connectivity index (χ2v) is 6.15. The molecule has 0 amide bonds. The van der Waals surface area contributed by atoms with Crippen LogP contribution in [0.1, 0.15) is 25.0 Å². The van der Waals surface area contributed by atoms with E-state index < -0.39 is 6.36 Å². The summed E-state index contributed by atoms with van der Waals surface area (Å²) in [5.74, 6) is -0.359. The highest BCUT2D eigenvalue weighted by molar-refractivity contribution is 5.93. The lowest BCUT2D eigenvalue weighted by Gasteiger charge is -2.18. The number of rotatable bonds is 8. The van der Waals surface area contributed by atoms with Gasteiger partial charge >= 0.3 is 6.36 Å². The van der Waals surface area contributed by atoms with Crippen molar-refractivity contribution < 1.29 is 17.9 Å². The average Bonchev–Trinajstić information content (AvgIpc) is 2.65. The Morgan fingerprint density at radius 2 is 1.75 bits per heavy atom. The van der Waals surface area contributed by atoms with Crippen LogP contribution in [-0.4, -0.2) is 30.3 Å². The van der Waals surface area contributed by atoms with Crippen molar-refractivity contribution in [3.05, 3.63) is 59.7 Å². The Bertz CT molecular complexity index is 789. The van der Waals surface area contributed by atoms with Gasteiger partial charge in [-0.25, -0.2) is 4.99 Å². The van der Waals surface area contributed by atoms with Crippen molar-refractivity contribution in [3.8, 4) is 5.75 Å². The number of nitrogens with one attached hydrogen (secondary N) is 1. The number of ether oxygens (including phenoxy) is 1. The lowest BCUT2D eigenvalue weighted by atomic mass is 10.1. The van der Waals surface area contributed by atoms with Crippen molar-refractivity contribution in [1.29, 1.82) is 0 Å². The SMILES string of the molecule is CCN(CC)Cc1cccc(CN=C(N)Nc2ccccc2OC(F)(F)F)c1. The number of anilines is 1. The first-order valence-corrected chi connectivity index (χ1v) is 9.02. The van der Waals surface area contributed by atoms with Gasteiger partial charge in [-0.05, 0) is 36.3 Å². The maximum Gasteiger partial charge on any atom is 0.573 e. The van der Waals surface area contributed by atoms with Crippen molar-refractivity contribution in [3.63, 3.8) is 0 Å². The molecule has 0 spiro atoms. The summed E-state index contributed by atoms with van der Waals surface area (Å²) < 4.78 is 41.5. The summed E-state index contributed by atoms with van der Waals surface area (Å²) in [6, 6.07) is 13.7. The number of aliphatic imine (C=N–C) groups is 1. The summed E-state index contributed by atoms with van der Waals surface area (Å²) in [5, 5.41) is 2.66. The first-order valence-electron chi connectivity index (χ1n) is 9.02. The first kappa shape index (κ1) is 21.6. The van der Waals surface area contributed by atoms with Crippen LogP contribution in [0.3, 0.4) is 0 Å². The molecule has 0 aliphatic rings. The Balaban J connectivity index is 2.04. The van der Waals surface area contributed by atoms with Gasteiger partial charge in [0.15, 0.2) is 11.7 Å². The third-order valence-electron chi connectivity index (χ3n) is 4.10. The molecule has 0 fully saturated rings. The predicted molar refractivity (Wildman–Crippen MR) is 105 cm³/mol. The molecule has 152 valence electrons. The Hall–Kier alpha value is -2.74. The Labute approximate surface area is 163 Å². The number of halogens is 3. The topological polar surface area (TPSA) is 62.9 Å². The van der Waals surface area contributed by atoms with Gasteiger partial charge in [0.2, 0.25) is 0 Å². The third-order valence-corrected chi connectivity index (χ3v) is 4.10. The van der Waals surface area contributed by atoms with Crippen molar-refractivity contribution >= 4 is 11.6 Å². The summed E-state index contributed by atoms with van der Waals surface area (Å²) >= 11 is 0. The highest BCUT2D eigenvalue weighted by atomic mass is 19.4. The predicted octanol–water partition coefficient (Wildman–Crippen LogP) is 4.35. The van der Waals surface area contributed by atoms with E-state index in [0.717, 1.165) is 25.2 Å². The minimum absolute atomic E-state index is 0.00682. The van der Waals surface area contributed by atoms with Gasteiger partial charge in [-0.3, -0.25) is 4.90 Å². The largest absolute Gasteiger partial charge is 0.573 e. The summed E-state index contributed by atoms with van der Waals surface area (Å²) in [6.45, 7) is 7.33. The molecule has 5 nitrogen and oxygen atoms in total. The van der Waals surface area contributed by atoms with Crippen LogP contribution in [0.4, 0.5) is 18.9 Å². The van der Waals surface area contributed by atoms with Crippen LogP contribution in [0.2, 0.25) is 0 Å². The average molecular weight is 394 g/mol. The van der Waals surface area contributed by atoms with Crippen molar-refractivity contribution in [2.45, 2.75) is 33.3 Å². The molecule has 2 rings (SSSR count). The lowest BCUT2D eigenvalue weighted by Crippen LogP contribution is -2.24. The van der Waals surface area contributed by atoms with E-state index in [1.807, 2.05) is 12.1 Å². The molecule has 0 heterocycles. The second kappa shape index (κ2) is 9.98. The molecule has 2 aromatic rings. The minimum Gasteiger partial charge on any atom is -0.404 e. The molecule has 0 aliphatic heterocycles. The first-order chi connectivity index (χ1) is 13.3. The number of hydrogen-bond donors (Lipinski definition) is 2. The Morgan fingerprint density at radius 1 is 1.07 bits per heavy atom. The number of hydrogen-bond acceptors (Lipinski definition) is 3. The quantitative estimate of drug-likeness (QED) is 0.516. The summed E-state index contributed by atoms with van der Waals surface area (Å²) in [6.07, 6.45) is -4.78. The van der Waals surface area contributed by atoms with E-state index >= 15 is 0 Å². The molecule has 2 aromatic carbocycles. The van der Waals surface area contributed by atoms with Crippen LogP contribution in [-0.2, 0) is 13.1 Å². The normalized spacial score (nSPS) is 12.3. The number of benzene rings is 2. The summed E-state index contributed by atoms with van der Waals surface area (Å²) in [5.41, 5.74) is 8.08. The molecule has 0 saturated heterocycles. The third kappa shape index (κ3) is 7.11. The smallest absolute Gasteiger partial charge is 0.404 e. The van der Waals surface area contributed by atoms with E-state index in [1.165, 1.54) is 23.8 Å². The van der Waals surface area contributed by atoms with E-state index in [0.29, 0.717) is 6.54 Å². The van der Waals surface area contributed by atoms with Crippen LogP contribution >= 0.6 is 0 Å². The lowest BCUT2D eigenvalue weighted by molar-refractivity contribution is -0.274. The van der Waals surface area contributed by atoms with Gasteiger partial charge in [0.1, 0.15) is 0 Å². The molecule has 8 heteroatoms. The highest BCUT2D eigenvalue weighted by Crippen LogP contribution is 2.29. The van der Waals surface area contributed by atoms with Gasteiger partial charge in [-0.2, -0.15) is 0 Å². The standard InChI is InChI=1S/C20H25F3N4O/c1-3-27(4-2)14-16-9-7-8-15(12-16)13-25-19(24)26-17-10-5-6-11-18(17)28-20(21,22)23/h5-12H,3-4,13-14H2,1-2H3,(H3,24,25,26). The van der Waals surface area contributed by atoms with E-state index in [9.17, 15) is 13.2 Å². The zero-order valence-corrected chi connectivity index (χ0v) is 16.0. The molecule has 3 N–H and O–H groups in total. The number of guanidine groups is 1. The van der Waals surface area contributed by atoms with Crippen LogP contribution in [0.25, 0.3) is 0 Å². The summed E-state index contributed by atoms with van der Waals surface area (Å²) in [4.78, 5) is 6.52. The number of para-hydroxylation sites is 2. The molecular weight excluding hydrogens is 369 g/mol. The number of nitrogens with zero attached hydrogens (tertiary/aromatic N) is 2. The van der Waals surface area contributed by atoms with Crippen molar-refractivity contribution in [1.82, 2.24) is 4.90 Å². The fourth-order valence-electron chi connectivity index (χ4n) is 2.67. The second-order valence-electron chi connectivity index (χ2n) is 6.15. The van der Waals surface area contributed by atoms with Gasteiger partial charge in [0, 0.05) is 6.54 Å². The molecule has 0 atom stereocenters. The fourth-order valence-corrected chi connectivity index (χ4v) is 2.67. The van der Waals surface area contributed by atoms with Gasteiger partial charge in [-0.1, -0.05) is 50.2 Å². The molecule has 28 heavy (non-hydrogen) atoms. The molecule has 0 aromatic heterocycles. The maximum absolute atomic E-state index is 12.5. The van der Waals surface area contributed by atoms with E-state index in [-0.39, 0.29) is 17.4 Å². The van der Waals surface area contributed by atoms with Gasteiger partial charge in [0.25, 0.3) is 0 Å². The maximum atomic E-state index is 12.5. The van der Waals surface area contributed by atoms with Crippen LogP contribution in [0, 0.1) is 0 Å². The van der Waals surface area contributed by atoms with Gasteiger partial charge < -0.3 is 15.8 Å². The molecule has 0 radical (unpaired) electrons. The molecular formula is C20H25F3N4O. The minimum atomic E-state index is -4.78. The zero-order chi connectivity index (χ0) is 20.6. The highest BCUT2D eigenvalue weighted by Gasteiger charge is 2.32. The fraction of sp³-hybridized carbons (Fsp3) is 0.350. The van der Waals surface area contributed by atoms with Crippen molar-refractivity contribution in [2.75, 3.05) is 18.4 Å². The van der Waals surface area contributed by atoms with E-state index in [1.54, 1.807) is 6.07 Å². The van der Waals surface area contributed by atoms with Gasteiger partial charge in [-0.15, -0.1) is 13.2 Å². The van der Waals surface area contributed by atoms with Crippen molar-refractivity contribution in [2.24, 2.45) is 10.7 Å². The van der Waals surface area contributed by atoms with E-state index in [2.05, 4.69) is 45.9 Å².